The molecule has 0 aromatic carbocycles. The van der Waals surface area contributed by atoms with E-state index in [0.717, 1.165) is 0 Å². The lowest BCUT2D eigenvalue weighted by atomic mass is 9.41. The van der Waals surface area contributed by atoms with Crippen LogP contribution >= 0.6 is 0 Å². The summed E-state index contributed by atoms with van der Waals surface area (Å²) in [4.78, 5) is 0. The molecule has 0 aromatic rings. The van der Waals surface area contributed by atoms with Crippen molar-refractivity contribution in [2.24, 2.45) is 44.8 Å². The molecule has 0 heteroatoms. The largest absolute Gasteiger partial charge is 0.103 e. The molecule has 0 amide bonds. The molecule has 188 valence electrons. The van der Waals surface area contributed by atoms with Crippen molar-refractivity contribution in [2.45, 2.75) is 107 Å². The van der Waals surface area contributed by atoms with Gasteiger partial charge in [0, 0.05) is 5.41 Å². The average Bonchev–Trinajstić information content (AvgIpc) is 2.75. The van der Waals surface area contributed by atoms with E-state index >= 15 is 0 Å². The molecule has 34 heavy (non-hydrogen) atoms. The average molecular weight is 461 g/mol. The second-order valence-electron chi connectivity index (χ2n) is 14.6. The van der Waals surface area contributed by atoms with E-state index in [0.29, 0.717) is 28.6 Å². The Labute approximate surface area is 211 Å². The molecule has 5 unspecified atom stereocenters. The standard InChI is InChI=1S/C34H52/c1-12-34(19-17-30(6,7)18-20-34)16-13-27-25(4)23(2)21-29-32(27,10)15-14-28-31(8,9)26(5)24(3)22-33(28,29)11/h12,21-22,25,27-28H,1-2,5,13-20H2,3-4,6-11H3. The zero-order valence-electron chi connectivity index (χ0n) is 23.7. The van der Waals surface area contributed by atoms with Crippen LogP contribution in [0.1, 0.15) is 107 Å². The molecular formula is C34H52. The van der Waals surface area contributed by atoms with Crippen LogP contribution in [-0.2, 0) is 0 Å². The van der Waals surface area contributed by atoms with Crippen LogP contribution in [0.25, 0.3) is 0 Å². The van der Waals surface area contributed by atoms with Gasteiger partial charge in [0.1, 0.15) is 0 Å². The first-order chi connectivity index (χ1) is 15.6. The van der Waals surface area contributed by atoms with Crippen LogP contribution in [0.2, 0.25) is 0 Å². The summed E-state index contributed by atoms with van der Waals surface area (Å²) in [7, 11) is 0. The van der Waals surface area contributed by atoms with Crippen molar-refractivity contribution in [3.05, 3.63) is 60.3 Å². The van der Waals surface area contributed by atoms with Gasteiger partial charge >= 0.3 is 0 Å². The molecule has 5 atom stereocenters. The molecule has 0 radical (unpaired) electrons. The molecule has 4 rings (SSSR count). The van der Waals surface area contributed by atoms with Crippen molar-refractivity contribution in [3.8, 4) is 0 Å². The third kappa shape index (κ3) is 3.77. The lowest BCUT2D eigenvalue weighted by molar-refractivity contribution is 0.0104. The second-order valence-corrected chi connectivity index (χ2v) is 14.6. The topological polar surface area (TPSA) is 0 Å². The number of allylic oxidation sites excluding steroid dienone is 7. The van der Waals surface area contributed by atoms with Crippen LogP contribution in [0.15, 0.2) is 60.3 Å². The van der Waals surface area contributed by atoms with E-state index in [4.69, 9.17) is 0 Å². The molecule has 4 aliphatic carbocycles. The van der Waals surface area contributed by atoms with Gasteiger partial charge in [0.25, 0.3) is 0 Å². The number of hydrogen-bond acceptors (Lipinski definition) is 0. The Bertz CT molecular complexity index is 939. The molecule has 2 saturated carbocycles. The molecule has 0 heterocycles. The zero-order valence-corrected chi connectivity index (χ0v) is 23.7. The van der Waals surface area contributed by atoms with Gasteiger partial charge in [0.2, 0.25) is 0 Å². The summed E-state index contributed by atoms with van der Waals surface area (Å²) < 4.78 is 0. The summed E-state index contributed by atoms with van der Waals surface area (Å²) in [6.45, 7) is 33.2. The van der Waals surface area contributed by atoms with Gasteiger partial charge in [-0.1, -0.05) is 96.6 Å². The third-order valence-electron chi connectivity index (χ3n) is 11.8. The highest BCUT2D eigenvalue weighted by Crippen LogP contribution is 2.68. The van der Waals surface area contributed by atoms with E-state index in [1.807, 2.05) is 0 Å². The Morgan fingerprint density at radius 3 is 2.18 bits per heavy atom. The van der Waals surface area contributed by atoms with Crippen LogP contribution in [0.3, 0.4) is 0 Å². The van der Waals surface area contributed by atoms with Crippen molar-refractivity contribution in [2.75, 3.05) is 0 Å². The fourth-order valence-corrected chi connectivity index (χ4v) is 9.05. The summed E-state index contributed by atoms with van der Waals surface area (Å²) in [5.74, 6) is 1.82. The predicted octanol–water partition coefficient (Wildman–Crippen LogP) is 10.3. The maximum Gasteiger partial charge on any atom is 0.0113 e. The lowest BCUT2D eigenvalue weighted by Gasteiger charge is -2.62. The van der Waals surface area contributed by atoms with Crippen molar-refractivity contribution in [3.63, 3.8) is 0 Å². The second kappa shape index (κ2) is 8.11. The molecule has 0 aromatic heterocycles. The molecule has 0 nitrogen and oxygen atoms in total. The smallest absolute Gasteiger partial charge is 0.0113 e. The van der Waals surface area contributed by atoms with Crippen LogP contribution in [0.4, 0.5) is 0 Å². The van der Waals surface area contributed by atoms with Crippen LogP contribution in [0, 0.1) is 44.8 Å². The zero-order chi connectivity index (χ0) is 25.3. The van der Waals surface area contributed by atoms with E-state index in [1.54, 1.807) is 5.57 Å². The molecule has 0 aliphatic heterocycles. The Balaban J connectivity index is 1.68. The van der Waals surface area contributed by atoms with Gasteiger partial charge in [-0.05, 0) is 103 Å². The van der Waals surface area contributed by atoms with Gasteiger partial charge in [-0.3, -0.25) is 0 Å². The molecule has 4 aliphatic rings. The predicted molar refractivity (Wildman–Crippen MR) is 150 cm³/mol. The van der Waals surface area contributed by atoms with Gasteiger partial charge in [-0.25, -0.2) is 0 Å². The van der Waals surface area contributed by atoms with Gasteiger partial charge in [0.15, 0.2) is 0 Å². The maximum absolute atomic E-state index is 4.62. The maximum atomic E-state index is 4.62. The molecular weight excluding hydrogens is 408 g/mol. The SMILES string of the molecule is C=CC1(CCC2C(C)C(=C)C=C3C4(C)C=C(C)C(=C)C(C)(C)C4CCC32C)CCC(C)(C)CC1. The summed E-state index contributed by atoms with van der Waals surface area (Å²) in [6, 6.07) is 0. The first kappa shape index (κ1) is 25.8. The minimum Gasteiger partial charge on any atom is -0.103 e. The minimum atomic E-state index is 0.0914. The Kier molecular flexibility index (Phi) is 6.15. The Morgan fingerprint density at radius 2 is 1.59 bits per heavy atom. The van der Waals surface area contributed by atoms with E-state index in [-0.39, 0.29) is 16.2 Å². The number of fused-ring (bicyclic) bond motifs is 3. The van der Waals surface area contributed by atoms with Gasteiger partial charge in [-0.2, -0.15) is 0 Å². The highest BCUT2D eigenvalue weighted by Gasteiger charge is 2.59. The fraction of sp³-hybridized carbons (Fsp3) is 0.706. The molecule has 0 N–H and O–H groups in total. The van der Waals surface area contributed by atoms with Crippen molar-refractivity contribution < 1.29 is 0 Å². The fourth-order valence-electron chi connectivity index (χ4n) is 9.05. The summed E-state index contributed by atoms with van der Waals surface area (Å²) >= 11 is 0. The molecule has 0 saturated heterocycles. The van der Waals surface area contributed by atoms with Crippen molar-refractivity contribution in [1.82, 2.24) is 0 Å². The molecule has 2 fully saturated rings. The minimum absolute atomic E-state index is 0.0914. The van der Waals surface area contributed by atoms with Gasteiger partial charge in [-0.15, -0.1) is 6.58 Å². The highest BCUT2D eigenvalue weighted by atomic mass is 14.6. The Hall–Kier alpha value is -1.30. The van der Waals surface area contributed by atoms with E-state index in [9.17, 15) is 0 Å². The number of hydrogen-bond donors (Lipinski definition) is 0. The third-order valence-corrected chi connectivity index (χ3v) is 11.8. The molecule has 0 spiro atoms. The Morgan fingerprint density at radius 1 is 0.971 bits per heavy atom. The van der Waals surface area contributed by atoms with E-state index in [1.165, 1.54) is 68.1 Å². The molecule has 0 bridgehead atoms. The lowest BCUT2D eigenvalue weighted by Crippen LogP contribution is -2.53. The van der Waals surface area contributed by atoms with Crippen LogP contribution in [-0.4, -0.2) is 0 Å². The van der Waals surface area contributed by atoms with Crippen molar-refractivity contribution >= 4 is 0 Å². The monoisotopic (exact) mass is 460 g/mol. The van der Waals surface area contributed by atoms with E-state index < -0.39 is 0 Å². The summed E-state index contributed by atoms with van der Waals surface area (Å²) in [5.41, 5.74) is 7.05. The first-order valence-corrected chi connectivity index (χ1v) is 14.1. The quantitative estimate of drug-likeness (QED) is 0.366. The first-order valence-electron chi connectivity index (χ1n) is 14.1. The van der Waals surface area contributed by atoms with Crippen molar-refractivity contribution in [1.29, 1.82) is 0 Å². The number of rotatable bonds is 4. The van der Waals surface area contributed by atoms with Crippen LogP contribution in [0.5, 0.6) is 0 Å². The van der Waals surface area contributed by atoms with Crippen LogP contribution < -0.4 is 0 Å². The van der Waals surface area contributed by atoms with E-state index in [2.05, 4.69) is 93.4 Å². The summed E-state index contributed by atoms with van der Waals surface area (Å²) in [6.07, 6.45) is 17.9. The summed E-state index contributed by atoms with van der Waals surface area (Å²) in [5, 5.41) is 0. The van der Waals surface area contributed by atoms with Gasteiger partial charge < -0.3 is 0 Å². The normalized spacial score (nSPS) is 40.5. The van der Waals surface area contributed by atoms with Gasteiger partial charge in [0.05, 0.1) is 0 Å². The highest BCUT2D eigenvalue weighted by molar-refractivity contribution is 5.49.